The summed E-state index contributed by atoms with van der Waals surface area (Å²) >= 11 is 0. The van der Waals surface area contributed by atoms with Gasteiger partial charge < -0.3 is 14.6 Å². The van der Waals surface area contributed by atoms with Gasteiger partial charge in [0.15, 0.2) is 0 Å². The lowest BCUT2D eigenvalue weighted by Gasteiger charge is -2.26. The molecule has 2 atom stereocenters. The van der Waals surface area contributed by atoms with Crippen molar-refractivity contribution in [1.82, 2.24) is 14.7 Å². The third-order valence-electron chi connectivity index (χ3n) is 4.68. The summed E-state index contributed by atoms with van der Waals surface area (Å²) in [7, 11) is 3.59. The highest BCUT2D eigenvalue weighted by Gasteiger charge is 2.28. The lowest BCUT2D eigenvalue weighted by Crippen LogP contribution is -2.34. The Morgan fingerprint density at radius 1 is 1.36 bits per heavy atom. The molecule has 1 aliphatic rings. The van der Waals surface area contributed by atoms with Crippen LogP contribution in [0.25, 0.3) is 0 Å². The SMILES string of the molecule is COc1ccccc1COCC(O)CN1CCCC1c1cnn(C)c1. The number of ether oxygens (including phenoxy) is 2. The zero-order valence-corrected chi connectivity index (χ0v) is 15.0. The van der Waals surface area contributed by atoms with Crippen molar-refractivity contribution >= 4 is 0 Å². The second-order valence-corrected chi connectivity index (χ2v) is 6.58. The quantitative estimate of drug-likeness (QED) is 0.794. The Balaban J connectivity index is 1.48. The molecule has 0 radical (unpaired) electrons. The van der Waals surface area contributed by atoms with E-state index < -0.39 is 6.10 Å². The van der Waals surface area contributed by atoms with Gasteiger partial charge in [-0.15, -0.1) is 0 Å². The molecule has 2 aromatic rings. The molecule has 6 heteroatoms. The van der Waals surface area contributed by atoms with Crippen molar-refractivity contribution in [3.8, 4) is 5.75 Å². The standard InChI is InChI=1S/C19H27N3O3/c1-21-11-16(10-20-21)18-7-5-9-22(18)12-17(23)14-25-13-15-6-3-4-8-19(15)24-2/h3-4,6,8,10-11,17-18,23H,5,7,9,12-14H2,1-2H3. The minimum atomic E-state index is -0.507. The van der Waals surface area contributed by atoms with E-state index in [4.69, 9.17) is 9.47 Å². The monoisotopic (exact) mass is 345 g/mol. The molecule has 25 heavy (non-hydrogen) atoms. The van der Waals surface area contributed by atoms with Crippen LogP contribution >= 0.6 is 0 Å². The van der Waals surface area contributed by atoms with Gasteiger partial charge in [-0.05, 0) is 25.5 Å². The number of para-hydroxylation sites is 1. The molecule has 1 N–H and O–H groups in total. The Labute approximate surface area is 149 Å². The van der Waals surface area contributed by atoms with Crippen molar-refractivity contribution in [2.45, 2.75) is 31.6 Å². The Morgan fingerprint density at radius 3 is 2.96 bits per heavy atom. The third kappa shape index (κ3) is 4.60. The summed E-state index contributed by atoms with van der Waals surface area (Å²) in [6.45, 7) is 2.37. The normalized spacial score (nSPS) is 19.2. The molecule has 0 aliphatic carbocycles. The second-order valence-electron chi connectivity index (χ2n) is 6.58. The largest absolute Gasteiger partial charge is 0.496 e. The Kier molecular flexibility index (Phi) is 6.07. The Hall–Kier alpha value is -1.89. The molecule has 2 heterocycles. The number of nitrogens with zero attached hydrogens (tertiary/aromatic N) is 3. The maximum Gasteiger partial charge on any atom is 0.124 e. The second kappa shape index (κ2) is 8.47. The number of aromatic nitrogens is 2. The smallest absolute Gasteiger partial charge is 0.124 e. The van der Waals surface area contributed by atoms with Crippen LogP contribution in [0.4, 0.5) is 0 Å². The summed E-state index contributed by atoms with van der Waals surface area (Å²) in [5, 5.41) is 14.6. The molecule has 3 rings (SSSR count). The van der Waals surface area contributed by atoms with Crippen molar-refractivity contribution in [2.75, 3.05) is 26.8 Å². The van der Waals surface area contributed by atoms with E-state index >= 15 is 0 Å². The van der Waals surface area contributed by atoms with Crippen LogP contribution in [0.5, 0.6) is 5.75 Å². The van der Waals surface area contributed by atoms with Gasteiger partial charge in [0.25, 0.3) is 0 Å². The maximum atomic E-state index is 10.4. The van der Waals surface area contributed by atoms with E-state index in [2.05, 4.69) is 16.2 Å². The zero-order valence-electron chi connectivity index (χ0n) is 15.0. The first-order chi connectivity index (χ1) is 12.2. The first-order valence-electron chi connectivity index (χ1n) is 8.77. The molecule has 1 aliphatic heterocycles. The van der Waals surface area contributed by atoms with Crippen molar-refractivity contribution in [3.05, 3.63) is 47.8 Å². The predicted molar refractivity (Wildman–Crippen MR) is 95.4 cm³/mol. The number of rotatable bonds is 8. The number of methoxy groups -OCH3 is 1. The van der Waals surface area contributed by atoms with Crippen LogP contribution in [0.15, 0.2) is 36.7 Å². The van der Waals surface area contributed by atoms with E-state index in [0.29, 0.717) is 25.8 Å². The summed E-state index contributed by atoms with van der Waals surface area (Å²) in [4.78, 5) is 2.33. The number of aliphatic hydroxyl groups excluding tert-OH is 1. The number of hydrogen-bond donors (Lipinski definition) is 1. The summed E-state index contributed by atoms with van der Waals surface area (Å²) in [5.41, 5.74) is 2.22. The molecule has 1 saturated heterocycles. The highest BCUT2D eigenvalue weighted by atomic mass is 16.5. The number of aliphatic hydroxyl groups is 1. The molecule has 2 unspecified atom stereocenters. The summed E-state index contributed by atoms with van der Waals surface area (Å²) in [6, 6.07) is 8.13. The van der Waals surface area contributed by atoms with E-state index in [9.17, 15) is 5.11 Å². The van der Waals surface area contributed by atoms with E-state index in [0.717, 1.165) is 30.7 Å². The fourth-order valence-corrected chi connectivity index (χ4v) is 3.48. The van der Waals surface area contributed by atoms with Gasteiger partial charge in [0.05, 0.1) is 32.6 Å². The van der Waals surface area contributed by atoms with Gasteiger partial charge in [-0.2, -0.15) is 5.10 Å². The van der Waals surface area contributed by atoms with Crippen molar-refractivity contribution < 1.29 is 14.6 Å². The maximum absolute atomic E-state index is 10.4. The number of benzene rings is 1. The van der Waals surface area contributed by atoms with Gasteiger partial charge in [-0.25, -0.2) is 0 Å². The van der Waals surface area contributed by atoms with Crippen LogP contribution in [0.1, 0.15) is 30.0 Å². The van der Waals surface area contributed by atoms with Crippen molar-refractivity contribution in [1.29, 1.82) is 0 Å². The van der Waals surface area contributed by atoms with Gasteiger partial charge >= 0.3 is 0 Å². The van der Waals surface area contributed by atoms with Crippen LogP contribution in [0.3, 0.4) is 0 Å². The Bertz CT molecular complexity index is 673. The molecule has 0 bridgehead atoms. The molecular formula is C19H27N3O3. The number of aryl methyl sites for hydroxylation is 1. The van der Waals surface area contributed by atoms with Crippen LogP contribution < -0.4 is 4.74 Å². The molecule has 1 aromatic carbocycles. The number of likely N-dealkylation sites (tertiary alicyclic amines) is 1. The molecule has 136 valence electrons. The third-order valence-corrected chi connectivity index (χ3v) is 4.68. The zero-order chi connectivity index (χ0) is 17.6. The molecular weight excluding hydrogens is 318 g/mol. The first-order valence-corrected chi connectivity index (χ1v) is 8.77. The molecule has 0 amide bonds. The summed E-state index contributed by atoms with van der Waals surface area (Å²) in [5.74, 6) is 0.813. The first kappa shape index (κ1) is 17.9. The highest BCUT2D eigenvalue weighted by molar-refractivity contribution is 5.32. The fraction of sp³-hybridized carbons (Fsp3) is 0.526. The van der Waals surface area contributed by atoms with Crippen LogP contribution in [-0.4, -0.2) is 52.7 Å². The number of β-amino-alcohol motifs (C(OH)–C–C–N with tert-alkyl or cyclic N) is 1. The van der Waals surface area contributed by atoms with Gasteiger partial charge in [-0.3, -0.25) is 9.58 Å². The number of hydrogen-bond acceptors (Lipinski definition) is 5. The topological polar surface area (TPSA) is 59.8 Å². The average Bonchev–Trinajstić information content (AvgIpc) is 3.24. The molecule has 1 aromatic heterocycles. The van der Waals surface area contributed by atoms with Crippen LogP contribution in [0.2, 0.25) is 0 Å². The minimum absolute atomic E-state index is 0.314. The van der Waals surface area contributed by atoms with Gasteiger partial charge in [-0.1, -0.05) is 18.2 Å². The van der Waals surface area contributed by atoms with E-state index in [1.165, 1.54) is 5.56 Å². The lowest BCUT2D eigenvalue weighted by molar-refractivity contribution is 0.00724. The van der Waals surface area contributed by atoms with Crippen molar-refractivity contribution in [3.63, 3.8) is 0 Å². The van der Waals surface area contributed by atoms with Gasteiger partial charge in [0.1, 0.15) is 5.75 Å². The van der Waals surface area contributed by atoms with E-state index in [1.54, 1.807) is 7.11 Å². The molecule has 6 nitrogen and oxygen atoms in total. The fourth-order valence-electron chi connectivity index (χ4n) is 3.48. The Morgan fingerprint density at radius 2 is 2.20 bits per heavy atom. The highest BCUT2D eigenvalue weighted by Crippen LogP contribution is 2.31. The molecule has 1 fully saturated rings. The summed E-state index contributed by atoms with van der Waals surface area (Å²) < 4.78 is 12.9. The minimum Gasteiger partial charge on any atom is -0.496 e. The lowest BCUT2D eigenvalue weighted by atomic mass is 10.1. The predicted octanol–water partition coefficient (Wildman–Crippen LogP) is 2.14. The molecule has 0 saturated carbocycles. The van der Waals surface area contributed by atoms with Crippen LogP contribution in [-0.2, 0) is 18.4 Å². The molecule has 0 spiro atoms. The van der Waals surface area contributed by atoms with Crippen molar-refractivity contribution in [2.24, 2.45) is 7.05 Å². The van der Waals surface area contributed by atoms with Gasteiger partial charge in [0, 0.05) is 37.0 Å². The summed E-state index contributed by atoms with van der Waals surface area (Å²) in [6.07, 6.45) is 5.74. The van der Waals surface area contributed by atoms with E-state index in [1.807, 2.05) is 42.2 Å². The van der Waals surface area contributed by atoms with Crippen LogP contribution in [0, 0.1) is 0 Å². The van der Waals surface area contributed by atoms with Gasteiger partial charge in [0.2, 0.25) is 0 Å². The average molecular weight is 345 g/mol. The van der Waals surface area contributed by atoms with E-state index in [-0.39, 0.29) is 0 Å².